The molecule has 0 bridgehead atoms. The molecule has 36 heavy (non-hydrogen) atoms. The molecule has 0 unspecified atom stereocenters. The fraction of sp³-hybridized carbons (Fsp3) is 0.179. The lowest BCUT2D eigenvalue weighted by atomic mass is 10.1. The molecule has 1 N–H and O–H groups in total. The van der Waals surface area contributed by atoms with Gasteiger partial charge in [0, 0.05) is 6.54 Å². The lowest BCUT2D eigenvalue weighted by Gasteiger charge is -2.11. The molecule has 0 aliphatic rings. The normalized spacial score (nSPS) is 10.7. The third kappa shape index (κ3) is 6.64. The molecule has 3 rings (SSSR count). The van der Waals surface area contributed by atoms with Crippen LogP contribution in [-0.4, -0.2) is 39.8 Å². The molecule has 0 aliphatic carbocycles. The van der Waals surface area contributed by atoms with Gasteiger partial charge in [-0.05, 0) is 60.0 Å². The lowest BCUT2D eigenvalue weighted by Crippen LogP contribution is -2.26. The monoisotopic (exact) mass is 486 g/mol. The molecule has 0 heterocycles. The summed E-state index contributed by atoms with van der Waals surface area (Å²) in [6, 6.07) is 20.8. The number of benzene rings is 3. The second kappa shape index (κ2) is 12.6. The first-order chi connectivity index (χ1) is 17.5. The van der Waals surface area contributed by atoms with E-state index in [2.05, 4.69) is 5.32 Å². The number of ether oxygens (including phenoxy) is 4. The van der Waals surface area contributed by atoms with E-state index in [1.54, 1.807) is 68.8 Å². The van der Waals surface area contributed by atoms with Gasteiger partial charge in [-0.15, -0.1) is 0 Å². The summed E-state index contributed by atoms with van der Waals surface area (Å²) in [6.07, 6.45) is 1.98. The van der Waals surface area contributed by atoms with Crippen LogP contribution in [-0.2, 0) is 11.2 Å². The molecule has 0 aromatic heterocycles. The van der Waals surface area contributed by atoms with Crippen molar-refractivity contribution in [2.75, 3.05) is 27.9 Å². The molecule has 0 aliphatic heterocycles. The summed E-state index contributed by atoms with van der Waals surface area (Å²) >= 11 is 0. The Morgan fingerprint density at radius 3 is 2.19 bits per heavy atom. The first-order valence-corrected chi connectivity index (χ1v) is 11.0. The number of esters is 1. The van der Waals surface area contributed by atoms with Gasteiger partial charge < -0.3 is 24.3 Å². The van der Waals surface area contributed by atoms with Crippen LogP contribution in [0.3, 0.4) is 0 Å². The Bertz CT molecular complexity index is 1300. The van der Waals surface area contributed by atoms with Crippen LogP contribution in [0.25, 0.3) is 6.08 Å². The van der Waals surface area contributed by atoms with Crippen LogP contribution in [0, 0.1) is 11.3 Å². The predicted molar refractivity (Wildman–Crippen MR) is 134 cm³/mol. The highest BCUT2D eigenvalue weighted by molar-refractivity contribution is 6.01. The van der Waals surface area contributed by atoms with Crippen LogP contribution in [0.5, 0.6) is 23.0 Å². The molecule has 0 saturated carbocycles. The fourth-order valence-corrected chi connectivity index (χ4v) is 3.36. The zero-order valence-electron chi connectivity index (χ0n) is 20.2. The molecule has 8 nitrogen and oxygen atoms in total. The number of hydrogen-bond acceptors (Lipinski definition) is 7. The van der Waals surface area contributed by atoms with E-state index in [1.807, 2.05) is 18.2 Å². The number of nitrogens with one attached hydrogen (secondary N) is 1. The van der Waals surface area contributed by atoms with Gasteiger partial charge in [-0.2, -0.15) is 5.26 Å². The minimum atomic E-state index is -0.524. The van der Waals surface area contributed by atoms with Gasteiger partial charge in [-0.25, -0.2) is 4.79 Å². The van der Waals surface area contributed by atoms with E-state index in [1.165, 1.54) is 13.2 Å². The number of hydrogen-bond donors (Lipinski definition) is 1. The number of rotatable bonds is 10. The number of carbonyl (C=O) groups excluding carboxylic acids is 2. The standard InChI is InChI=1S/C28H26N2O6/c1-33-23-11-9-19(16-25(23)34-2)13-14-30-27(31)22(18-29)15-20-10-12-24(26(17-20)35-3)36-28(32)21-7-5-4-6-8-21/h4-12,15-17H,13-14H2,1-3H3,(H,30,31). The summed E-state index contributed by atoms with van der Waals surface area (Å²) in [5, 5.41) is 12.3. The highest BCUT2D eigenvalue weighted by atomic mass is 16.6. The second-order valence-corrected chi connectivity index (χ2v) is 7.53. The highest BCUT2D eigenvalue weighted by Crippen LogP contribution is 2.30. The average Bonchev–Trinajstić information content (AvgIpc) is 2.92. The van der Waals surface area contributed by atoms with E-state index in [4.69, 9.17) is 18.9 Å². The quantitative estimate of drug-likeness (QED) is 0.198. The van der Waals surface area contributed by atoms with E-state index in [-0.39, 0.29) is 11.3 Å². The number of amides is 1. The van der Waals surface area contributed by atoms with Crippen molar-refractivity contribution in [2.24, 2.45) is 0 Å². The second-order valence-electron chi connectivity index (χ2n) is 7.53. The Balaban J connectivity index is 1.66. The maximum atomic E-state index is 12.6. The van der Waals surface area contributed by atoms with Crippen LogP contribution < -0.4 is 24.3 Å². The Morgan fingerprint density at radius 2 is 1.53 bits per heavy atom. The third-order valence-electron chi connectivity index (χ3n) is 5.22. The summed E-state index contributed by atoms with van der Waals surface area (Å²) in [7, 11) is 4.56. The van der Waals surface area contributed by atoms with Crippen LogP contribution in [0.1, 0.15) is 21.5 Å². The van der Waals surface area contributed by atoms with Crippen molar-refractivity contribution in [1.82, 2.24) is 5.32 Å². The van der Waals surface area contributed by atoms with Gasteiger partial charge in [0.1, 0.15) is 11.6 Å². The molecule has 3 aromatic rings. The summed E-state index contributed by atoms with van der Waals surface area (Å²) in [5.74, 6) is 0.711. The first kappa shape index (κ1) is 25.8. The van der Waals surface area contributed by atoms with Gasteiger partial charge in [0.15, 0.2) is 23.0 Å². The molecule has 0 radical (unpaired) electrons. The summed E-state index contributed by atoms with van der Waals surface area (Å²) in [4.78, 5) is 24.9. The zero-order chi connectivity index (χ0) is 25.9. The van der Waals surface area contributed by atoms with E-state index in [0.29, 0.717) is 41.3 Å². The van der Waals surface area contributed by atoms with Gasteiger partial charge in [0.2, 0.25) is 0 Å². The van der Waals surface area contributed by atoms with Gasteiger partial charge in [0.25, 0.3) is 5.91 Å². The van der Waals surface area contributed by atoms with Crippen molar-refractivity contribution in [1.29, 1.82) is 5.26 Å². The molecule has 0 saturated heterocycles. The van der Waals surface area contributed by atoms with Gasteiger partial charge in [-0.1, -0.05) is 30.3 Å². The van der Waals surface area contributed by atoms with E-state index in [0.717, 1.165) is 5.56 Å². The average molecular weight is 487 g/mol. The summed E-state index contributed by atoms with van der Waals surface area (Å²) < 4.78 is 21.3. The minimum Gasteiger partial charge on any atom is -0.493 e. The van der Waals surface area contributed by atoms with Crippen molar-refractivity contribution in [3.8, 4) is 29.1 Å². The fourth-order valence-electron chi connectivity index (χ4n) is 3.36. The van der Waals surface area contributed by atoms with Crippen LogP contribution in [0.15, 0.2) is 72.3 Å². The lowest BCUT2D eigenvalue weighted by molar-refractivity contribution is -0.117. The van der Waals surface area contributed by atoms with Gasteiger partial charge in [-0.3, -0.25) is 4.79 Å². The number of methoxy groups -OCH3 is 3. The largest absolute Gasteiger partial charge is 0.493 e. The maximum absolute atomic E-state index is 12.6. The number of nitrogens with zero attached hydrogens (tertiary/aromatic N) is 1. The third-order valence-corrected chi connectivity index (χ3v) is 5.22. The molecule has 0 spiro atoms. The minimum absolute atomic E-state index is 0.0709. The highest BCUT2D eigenvalue weighted by Gasteiger charge is 2.14. The summed E-state index contributed by atoms with van der Waals surface area (Å²) in [6.45, 7) is 0.324. The van der Waals surface area contributed by atoms with Crippen LogP contribution in [0.4, 0.5) is 0 Å². The summed E-state index contributed by atoms with van der Waals surface area (Å²) in [5.41, 5.74) is 1.82. The van der Waals surface area contributed by atoms with Crippen molar-refractivity contribution in [2.45, 2.75) is 6.42 Å². The van der Waals surface area contributed by atoms with Gasteiger partial charge >= 0.3 is 5.97 Å². The SMILES string of the molecule is COc1ccc(CCNC(=O)C(C#N)=Cc2ccc(OC(=O)c3ccccc3)c(OC)c2)cc1OC. The van der Waals surface area contributed by atoms with Crippen molar-refractivity contribution in [3.63, 3.8) is 0 Å². The van der Waals surface area contributed by atoms with E-state index < -0.39 is 11.9 Å². The maximum Gasteiger partial charge on any atom is 0.343 e. The van der Waals surface area contributed by atoms with Crippen molar-refractivity contribution < 1.29 is 28.5 Å². The smallest absolute Gasteiger partial charge is 0.343 e. The van der Waals surface area contributed by atoms with Crippen LogP contribution >= 0.6 is 0 Å². The predicted octanol–water partition coefficient (Wildman–Crippen LogP) is 4.20. The molecule has 3 aromatic carbocycles. The molecular weight excluding hydrogens is 460 g/mol. The molecule has 1 amide bonds. The first-order valence-electron chi connectivity index (χ1n) is 11.0. The Hall–Kier alpha value is -4.77. The Morgan fingerprint density at radius 1 is 0.861 bits per heavy atom. The van der Waals surface area contributed by atoms with E-state index in [9.17, 15) is 14.9 Å². The molecule has 0 fully saturated rings. The Kier molecular flexibility index (Phi) is 9.06. The number of nitriles is 1. The molecule has 8 heteroatoms. The molecular formula is C28H26N2O6. The topological polar surface area (TPSA) is 107 Å². The van der Waals surface area contributed by atoms with E-state index >= 15 is 0 Å². The van der Waals surface area contributed by atoms with Gasteiger partial charge in [0.05, 0.1) is 26.9 Å². The van der Waals surface area contributed by atoms with Crippen LogP contribution in [0.2, 0.25) is 0 Å². The van der Waals surface area contributed by atoms with Crippen molar-refractivity contribution in [3.05, 3.63) is 89.0 Å². The van der Waals surface area contributed by atoms with Crippen molar-refractivity contribution >= 4 is 18.0 Å². The number of carbonyl (C=O) groups is 2. The zero-order valence-corrected chi connectivity index (χ0v) is 20.2. The Labute approximate surface area is 209 Å². The molecule has 0 atom stereocenters. The molecule has 184 valence electrons.